The zero-order valence-corrected chi connectivity index (χ0v) is 10.4. The van der Waals surface area contributed by atoms with Gasteiger partial charge in [-0.05, 0) is 24.6 Å². The SMILES string of the molecule is Cc1cc(CCl)cc(C(=O)CCBr)c1. The van der Waals surface area contributed by atoms with Crippen molar-refractivity contribution < 1.29 is 4.79 Å². The number of halogens is 2. The fourth-order valence-electron chi connectivity index (χ4n) is 1.33. The molecular weight excluding hydrogens is 263 g/mol. The van der Waals surface area contributed by atoms with Gasteiger partial charge in [0.2, 0.25) is 0 Å². The van der Waals surface area contributed by atoms with Gasteiger partial charge < -0.3 is 0 Å². The van der Waals surface area contributed by atoms with Gasteiger partial charge in [0.1, 0.15) is 0 Å². The van der Waals surface area contributed by atoms with E-state index in [4.69, 9.17) is 11.6 Å². The average Bonchev–Trinajstić information content (AvgIpc) is 2.17. The molecule has 76 valence electrons. The molecule has 0 unspecified atom stereocenters. The molecule has 0 heterocycles. The van der Waals surface area contributed by atoms with Gasteiger partial charge in [0.15, 0.2) is 5.78 Å². The van der Waals surface area contributed by atoms with Crippen molar-refractivity contribution in [3.05, 3.63) is 34.9 Å². The van der Waals surface area contributed by atoms with Crippen molar-refractivity contribution in [3.63, 3.8) is 0 Å². The summed E-state index contributed by atoms with van der Waals surface area (Å²) >= 11 is 8.99. The number of hydrogen-bond acceptors (Lipinski definition) is 1. The summed E-state index contributed by atoms with van der Waals surface area (Å²) in [6.45, 7) is 1.97. The number of aryl methyl sites for hydroxylation is 1. The van der Waals surface area contributed by atoms with Gasteiger partial charge in [-0.25, -0.2) is 0 Å². The first-order valence-corrected chi connectivity index (χ1v) is 6.08. The van der Waals surface area contributed by atoms with Crippen LogP contribution in [0.2, 0.25) is 0 Å². The van der Waals surface area contributed by atoms with Crippen LogP contribution < -0.4 is 0 Å². The zero-order chi connectivity index (χ0) is 10.6. The number of alkyl halides is 2. The Hall–Kier alpha value is -0.340. The first kappa shape index (κ1) is 11.7. The molecule has 0 N–H and O–H groups in total. The molecule has 1 nitrogen and oxygen atoms in total. The maximum absolute atomic E-state index is 11.6. The topological polar surface area (TPSA) is 17.1 Å². The van der Waals surface area contributed by atoms with Crippen molar-refractivity contribution >= 4 is 33.3 Å². The maximum atomic E-state index is 11.6. The van der Waals surface area contributed by atoms with E-state index in [1.165, 1.54) is 0 Å². The Kier molecular flexibility index (Phi) is 4.63. The van der Waals surface area contributed by atoms with Crippen LogP contribution in [0, 0.1) is 6.92 Å². The first-order valence-electron chi connectivity index (χ1n) is 4.43. The van der Waals surface area contributed by atoms with Crippen molar-refractivity contribution in [3.8, 4) is 0 Å². The highest BCUT2D eigenvalue weighted by Crippen LogP contribution is 2.13. The van der Waals surface area contributed by atoms with Crippen LogP contribution in [0.4, 0.5) is 0 Å². The van der Waals surface area contributed by atoms with Gasteiger partial charge in [-0.3, -0.25) is 4.79 Å². The van der Waals surface area contributed by atoms with Crippen LogP contribution in [0.5, 0.6) is 0 Å². The summed E-state index contributed by atoms with van der Waals surface area (Å²) in [6, 6.07) is 5.77. The van der Waals surface area contributed by atoms with E-state index in [-0.39, 0.29) is 5.78 Å². The van der Waals surface area contributed by atoms with Gasteiger partial charge in [-0.2, -0.15) is 0 Å². The van der Waals surface area contributed by atoms with Crippen molar-refractivity contribution in [2.45, 2.75) is 19.2 Å². The highest BCUT2D eigenvalue weighted by Gasteiger charge is 2.06. The van der Waals surface area contributed by atoms with Crippen LogP contribution in [0.25, 0.3) is 0 Å². The summed E-state index contributed by atoms with van der Waals surface area (Å²) in [5.74, 6) is 0.618. The monoisotopic (exact) mass is 274 g/mol. The van der Waals surface area contributed by atoms with Gasteiger partial charge in [-0.15, -0.1) is 11.6 Å². The third kappa shape index (κ3) is 3.10. The van der Waals surface area contributed by atoms with E-state index in [9.17, 15) is 4.79 Å². The van der Waals surface area contributed by atoms with Gasteiger partial charge >= 0.3 is 0 Å². The van der Waals surface area contributed by atoms with Gasteiger partial charge in [0.25, 0.3) is 0 Å². The Labute approximate surface area is 97.6 Å². The first-order chi connectivity index (χ1) is 6.67. The Morgan fingerprint density at radius 2 is 2.14 bits per heavy atom. The molecule has 0 atom stereocenters. The molecule has 1 aromatic carbocycles. The minimum absolute atomic E-state index is 0.164. The van der Waals surface area contributed by atoms with E-state index >= 15 is 0 Å². The molecule has 14 heavy (non-hydrogen) atoms. The molecule has 0 aliphatic heterocycles. The lowest BCUT2D eigenvalue weighted by atomic mass is 10.0. The minimum atomic E-state index is 0.164. The van der Waals surface area contributed by atoms with Crippen LogP contribution in [0.3, 0.4) is 0 Å². The second kappa shape index (κ2) is 5.52. The molecule has 3 heteroatoms. The summed E-state index contributed by atoms with van der Waals surface area (Å²) < 4.78 is 0. The summed E-state index contributed by atoms with van der Waals surface area (Å²) in [5.41, 5.74) is 2.85. The molecule has 0 saturated carbocycles. The average molecular weight is 276 g/mol. The fraction of sp³-hybridized carbons (Fsp3) is 0.364. The van der Waals surface area contributed by atoms with Crippen LogP contribution in [0.1, 0.15) is 27.9 Å². The molecule has 0 amide bonds. The molecule has 1 aromatic rings. The van der Waals surface area contributed by atoms with Crippen LogP contribution in [-0.2, 0) is 5.88 Å². The standard InChI is InChI=1S/C11H12BrClO/c1-8-4-9(7-13)6-10(5-8)11(14)2-3-12/h4-6H,2-3,7H2,1H3. The summed E-state index contributed by atoms with van der Waals surface area (Å²) in [7, 11) is 0. The van der Waals surface area contributed by atoms with Crippen molar-refractivity contribution in [1.82, 2.24) is 0 Å². The highest BCUT2D eigenvalue weighted by molar-refractivity contribution is 9.09. The van der Waals surface area contributed by atoms with Crippen molar-refractivity contribution in [2.75, 3.05) is 5.33 Å². The quantitative estimate of drug-likeness (QED) is 0.605. The summed E-state index contributed by atoms with van der Waals surface area (Å²) in [6.07, 6.45) is 0.533. The number of Topliss-reactive ketones (excluding diaryl/α,β-unsaturated/α-hetero) is 1. The second-order valence-electron chi connectivity index (χ2n) is 3.20. The third-order valence-electron chi connectivity index (χ3n) is 1.93. The number of rotatable bonds is 4. The molecule has 0 saturated heterocycles. The predicted octanol–water partition coefficient (Wildman–Crippen LogP) is 3.70. The highest BCUT2D eigenvalue weighted by atomic mass is 79.9. The van der Waals surface area contributed by atoms with Crippen LogP contribution >= 0.6 is 27.5 Å². The Morgan fingerprint density at radius 3 is 2.71 bits per heavy atom. The molecule has 0 aromatic heterocycles. The third-order valence-corrected chi connectivity index (χ3v) is 2.64. The number of benzene rings is 1. The molecule has 0 bridgehead atoms. The predicted molar refractivity (Wildman–Crippen MR) is 63.5 cm³/mol. The zero-order valence-electron chi connectivity index (χ0n) is 8.02. The van der Waals surface area contributed by atoms with Gasteiger partial charge in [-0.1, -0.05) is 27.6 Å². The minimum Gasteiger partial charge on any atom is -0.294 e. The number of ketones is 1. The lowest BCUT2D eigenvalue weighted by Gasteiger charge is -2.03. The van der Waals surface area contributed by atoms with Crippen molar-refractivity contribution in [2.24, 2.45) is 0 Å². The Morgan fingerprint density at radius 1 is 1.43 bits per heavy atom. The van der Waals surface area contributed by atoms with Crippen LogP contribution in [0.15, 0.2) is 18.2 Å². The maximum Gasteiger partial charge on any atom is 0.163 e. The van der Waals surface area contributed by atoms with Gasteiger partial charge in [0.05, 0.1) is 0 Å². The number of hydrogen-bond donors (Lipinski definition) is 0. The van der Waals surface area contributed by atoms with Gasteiger partial charge in [0, 0.05) is 23.2 Å². The van der Waals surface area contributed by atoms with Crippen molar-refractivity contribution in [1.29, 1.82) is 0 Å². The Bertz CT molecular complexity index is 336. The molecule has 0 radical (unpaired) electrons. The summed E-state index contributed by atoms with van der Waals surface area (Å²) in [4.78, 5) is 11.6. The normalized spacial score (nSPS) is 10.2. The number of carbonyl (C=O) groups excluding carboxylic acids is 1. The summed E-state index contributed by atoms with van der Waals surface area (Å²) in [5, 5.41) is 0.704. The molecule has 0 aliphatic carbocycles. The molecule has 0 fully saturated rings. The van der Waals surface area contributed by atoms with E-state index in [1.807, 2.05) is 25.1 Å². The number of carbonyl (C=O) groups is 1. The van der Waals surface area contributed by atoms with E-state index in [2.05, 4.69) is 15.9 Å². The van der Waals surface area contributed by atoms with Crippen LogP contribution in [-0.4, -0.2) is 11.1 Å². The molecule has 1 rings (SSSR count). The van der Waals surface area contributed by atoms with E-state index in [1.54, 1.807) is 0 Å². The van der Waals surface area contributed by atoms with E-state index < -0.39 is 0 Å². The fourth-order valence-corrected chi connectivity index (χ4v) is 1.85. The largest absolute Gasteiger partial charge is 0.294 e. The lowest BCUT2D eigenvalue weighted by molar-refractivity contribution is 0.0989. The van der Waals surface area contributed by atoms with E-state index in [0.717, 1.165) is 16.7 Å². The smallest absolute Gasteiger partial charge is 0.163 e. The molecule has 0 aliphatic rings. The lowest BCUT2D eigenvalue weighted by Crippen LogP contribution is -2.00. The molecule has 0 spiro atoms. The molecular formula is C11H12BrClO. The Balaban J connectivity index is 2.96. The van der Waals surface area contributed by atoms with E-state index in [0.29, 0.717) is 17.6 Å². The second-order valence-corrected chi connectivity index (χ2v) is 4.26.